The number of hydrogen-bond donors (Lipinski definition) is 3. The third kappa shape index (κ3) is 4.15. The Bertz CT molecular complexity index is 1170. The minimum absolute atomic E-state index is 0.108. The number of Topliss-reactive ketones (excluding diaryl/α,β-unsaturated/α-hetero) is 1. The third-order valence-electron chi connectivity index (χ3n) is 6.36. The van der Waals surface area contributed by atoms with Gasteiger partial charge in [-0.1, -0.05) is 17.7 Å². The summed E-state index contributed by atoms with van der Waals surface area (Å²) in [5.41, 5.74) is 1.12. The summed E-state index contributed by atoms with van der Waals surface area (Å²) in [6.07, 6.45) is -0.257. The molecule has 2 aromatic rings. The zero-order chi connectivity index (χ0) is 24.1. The summed E-state index contributed by atoms with van der Waals surface area (Å²) >= 11 is 6.14. The van der Waals surface area contributed by atoms with Crippen LogP contribution in [0.3, 0.4) is 0 Å². The zero-order valence-corrected chi connectivity index (χ0v) is 19.0. The van der Waals surface area contributed by atoms with E-state index in [1.54, 1.807) is 29.7 Å². The van der Waals surface area contributed by atoms with E-state index in [2.05, 4.69) is 10.6 Å². The number of hydrogen-bond acceptors (Lipinski definition) is 4. The number of anilines is 1. The second-order valence-corrected chi connectivity index (χ2v) is 9.31. The Morgan fingerprint density at radius 3 is 2.52 bits per heavy atom. The number of rotatable bonds is 6. The fraction of sp³-hybridized carbons (Fsp3) is 0.435. The number of carbonyl (C=O) groups excluding carboxylic acids is 3. The van der Waals surface area contributed by atoms with Crippen molar-refractivity contribution in [2.24, 2.45) is 0 Å². The third-order valence-corrected chi connectivity index (χ3v) is 6.77. The standard InChI is InChI=1S/C23H24ClF2N3O4/c1-12-5-6-14(8-15(12)24)27-20(32)18-13(2)17(16-4-3-7-29(16)18)19(31)21(33)28-22(11-30)9-23(25,26)10-22/h5-6,8,30H,3-4,7,9-11H2,1-2H3,(H,27,32)(H,28,33). The average molecular weight is 480 g/mol. The molecular weight excluding hydrogens is 456 g/mol. The molecule has 33 heavy (non-hydrogen) atoms. The van der Waals surface area contributed by atoms with E-state index in [1.165, 1.54) is 0 Å². The lowest BCUT2D eigenvalue weighted by Gasteiger charge is -2.46. The number of aliphatic hydroxyl groups is 1. The molecule has 0 saturated heterocycles. The molecule has 176 valence electrons. The Morgan fingerprint density at radius 1 is 1.21 bits per heavy atom. The lowest BCUT2D eigenvalue weighted by Crippen LogP contribution is -2.65. The summed E-state index contributed by atoms with van der Waals surface area (Å²) in [4.78, 5) is 38.8. The lowest BCUT2D eigenvalue weighted by atomic mass is 9.73. The van der Waals surface area contributed by atoms with Gasteiger partial charge in [0.2, 0.25) is 0 Å². The van der Waals surface area contributed by atoms with Crippen LogP contribution in [0, 0.1) is 13.8 Å². The van der Waals surface area contributed by atoms with Crippen molar-refractivity contribution in [1.29, 1.82) is 0 Å². The van der Waals surface area contributed by atoms with E-state index in [9.17, 15) is 28.3 Å². The molecule has 7 nitrogen and oxygen atoms in total. The van der Waals surface area contributed by atoms with Gasteiger partial charge in [-0.15, -0.1) is 0 Å². The number of alkyl halides is 2. The topological polar surface area (TPSA) is 100 Å². The first kappa shape index (κ1) is 23.4. The van der Waals surface area contributed by atoms with Crippen LogP contribution in [-0.2, 0) is 17.8 Å². The number of aliphatic hydroxyl groups excluding tert-OH is 1. The summed E-state index contributed by atoms with van der Waals surface area (Å²) in [6.45, 7) is 3.24. The summed E-state index contributed by atoms with van der Waals surface area (Å²) in [5.74, 6) is -5.41. The Labute approximate surface area is 194 Å². The monoisotopic (exact) mass is 479 g/mol. The molecule has 0 bridgehead atoms. The Kier molecular flexibility index (Phi) is 5.82. The molecule has 2 heterocycles. The smallest absolute Gasteiger partial charge is 0.292 e. The average Bonchev–Trinajstić information content (AvgIpc) is 3.27. The Morgan fingerprint density at radius 2 is 1.91 bits per heavy atom. The second-order valence-electron chi connectivity index (χ2n) is 8.90. The van der Waals surface area contributed by atoms with Crippen LogP contribution in [0.2, 0.25) is 5.02 Å². The Balaban J connectivity index is 1.60. The molecule has 1 aromatic carbocycles. The van der Waals surface area contributed by atoms with Gasteiger partial charge in [0.15, 0.2) is 0 Å². The zero-order valence-electron chi connectivity index (χ0n) is 18.2. The number of nitrogens with one attached hydrogen (secondary N) is 2. The second kappa shape index (κ2) is 8.22. The van der Waals surface area contributed by atoms with Gasteiger partial charge in [0.25, 0.3) is 23.5 Å². The van der Waals surface area contributed by atoms with Crippen LogP contribution in [0.15, 0.2) is 18.2 Å². The quantitative estimate of drug-likeness (QED) is 0.436. The van der Waals surface area contributed by atoms with Crippen LogP contribution < -0.4 is 10.6 Å². The van der Waals surface area contributed by atoms with Crippen LogP contribution >= 0.6 is 11.6 Å². The number of benzene rings is 1. The summed E-state index contributed by atoms with van der Waals surface area (Å²) in [7, 11) is 0. The highest BCUT2D eigenvalue weighted by Gasteiger charge is 2.57. The molecule has 1 fully saturated rings. The molecule has 10 heteroatoms. The van der Waals surface area contributed by atoms with Crippen molar-refractivity contribution in [3.63, 3.8) is 0 Å². The largest absolute Gasteiger partial charge is 0.394 e. The number of carbonyl (C=O) groups is 3. The van der Waals surface area contributed by atoms with Gasteiger partial charge in [-0.2, -0.15) is 0 Å². The van der Waals surface area contributed by atoms with Crippen LogP contribution in [0.5, 0.6) is 0 Å². The highest BCUT2D eigenvalue weighted by atomic mass is 35.5. The van der Waals surface area contributed by atoms with Crippen molar-refractivity contribution in [3.8, 4) is 0 Å². The molecule has 1 aliphatic heterocycles. The molecule has 0 radical (unpaired) electrons. The molecule has 2 aliphatic rings. The summed E-state index contributed by atoms with van der Waals surface area (Å²) in [6, 6.07) is 5.11. The van der Waals surface area contributed by atoms with E-state index in [0.717, 1.165) is 5.56 Å². The van der Waals surface area contributed by atoms with E-state index in [1.807, 2.05) is 6.92 Å². The predicted octanol–water partition coefficient (Wildman–Crippen LogP) is 3.42. The number of amides is 2. The molecule has 2 amide bonds. The van der Waals surface area contributed by atoms with Gasteiger partial charge >= 0.3 is 0 Å². The SMILES string of the molecule is Cc1ccc(NC(=O)c2c(C)c(C(=O)C(=O)NC3(CO)CC(F)(F)C3)c3n2CCC3)cc1Cl. The van der Waals surface area contributed by atoms with Gasteiger partial charge < -0.3 is 20.3 Å². The van der Waals surface area contributed by atoms with E-state index >= 15 is 0 Å². The highest BCUT2D eigenvalue weighted by molar-refractivity contribution is 6.44. The van der Waals surface area contributed by atoms with Gasteiger partial charge in [-0.05, 0) is 49.9 Å². The van der Waals surface area contributed by atoms with E-state index in [0.29, 0.717) is 41.4 Å². The fourth-order valence-electron chi connectivity index (χ4n) is 4.76. The van der Waals surface area contributed by atoms with Crippen molar-refractivity contribution in [2.45, 2.75) is 57.5 Å². The van der Waals surface area contributed by atoms with Crippen LogP contribution in [0.4, 0.5) is 14.5 Å². The number of halogens is 3. The van der Waals surface area contributed by atoms with E-state index in [4.69, 9.17) is 11.6 Å². The van der Waals surface area contributed by atoms with E-state index in [-0.39, 0.29) is 11.3 Å². The maximum absolute atomic E-state index is 13.4. The summed E-state index contributed by atoms with van der Waals surface area (Å²) < 4.78 is 28.4. The first-order valence-corrected chi connectivity index (χ1v) is 11.0. The first-order valence-electron chi connectivity index (χ1n) is 10.6. The van der Waals surface area contributed by atoms with Crippen LogP contribution in [0.25, 0.3) is 0 Å². The fourth-order valence-corrected chi connectivity index (χ4v) is 4.94. The number of aryl methyl sites for hydroxylation is 1. The van der Waals surface area contributed by atoms with Crippen molar-refractivity contribution in [3.05, 3.63) is 51.3 Å². The number of nitrogens with zero attached hydrogens (tertiary/aromatic N) is 1. The molecule has 1 aromatic heterocycles. The van der Waals surface area contributed by atoms with Gasteiger partial charge in [0.05, 0.1) is 17.7 Å². The number of aromatic nitrogens is 1. The minimum Gasteiger partial charge on any atom is -0.394 e. The number of ketones is 1. The van der Waals surface area contributed by atoms with Gasteiger partial charge in [-0.3, -0.25) is 14.4 Å². The van der Waals surface area contributed by atoms with Crippen LogP contribution in [0.1, 0.15) is 56.9 Å². The van der Waals surface area contributed by atoms with Crippen molar-refractivity contribution >= 4 is 34.9 Å². The maximum atomic E-state index is 13.4. The first-order chi connectivity index (χ1) is 15.5. The Hall–Kier alpha value is -2.78. The van der Waals surface area contributed by atoms with Crippen molar-refractivity contribution in [2.75, 3.05) is 11.9 Å². The molecule has 0 atom stereocenters. The predicted molar refractivity (Wildman–Crippen MR) is 118 cm³/mol. The van der Waals surface area contributed by atoms with Gasteiger partial charge in [0, 0.05) is 35.8 Å². The van der Waals surface area contributed by atoms with Crippen LogP contribution in [-0.4, -0.2) is 45.3 Å². The normalized spacial score (nSPS) is 17.8. The maximum Gasteiger partial charge on any atom is 0.292 e. The van der Waals surface area contributed by atoms with Gasteiger partial charge in [0.1, 0.15) is 5.69 Å². The molecule has 1 saturated carbocycles. The molecule has 0 spiro atoms. The van der Waals surface area contributed by atoms with Crippen molar-refractivity contribution in [1.82, 2.24) is 9.88 Å². The molecule has 0 unspecified atom stereocenters. The van der Waals surface area contributed by atoms with Gasteiger partial charge in [-0.25, -0.2) is 8.78 Å². The minimum atomic E-state index is -2.99. The van der Waals surface area contributed by atoms with Crippen molar-refractivity contribution < 1.29 is 28.3 Å². The molecular formula is C23H24ClF2N3O4. The molecule has 3 N–H and O–H groups in total. The lowest BCUT2D eigenvalue weighted by molar-refractivity contribution is -0.154. The highest BCUT2D eigenvalue weighted by Crippen LogP contribution is 2.45. The molecule has 4 rings (SSSR count). The number of fused-ring (bicyclic) bond motifs is 1. The molecule has 1 aliphatic carbocycles. The summed E-state index contributed by atoms with van der Waals surface area (Å²) in [5, 5.41) is 15.1. The van der Waals surface area contributed by atoms with E-state index < -0.39 is 48.5 Å².